The molecule has 2 aromatic carbocycles. The van der Waals surface area contributed by atoms with Crippen LogP contribution in [0.3, 0.4) is 0 Å². The highest BCUT2D eigenvalue weighted by Gasteiger charge is 2.24. The molecule has 0 spiro atoms. The monoisotopic (exact) mass is 228 g/mol. The standard InChI is InChI=1S/C13H12N2S/c14-9-5-3-7-11-12(9)13(15)8-4-1-2-6-10(8)16-11/h1-7,13H,14-15H2. The quantitative estimate of drug-likeness (QED) is 0.682. The fourth-order valence-electron chi connectivity index (χ4n) is 2.09. The largest absolute Gasteiger partial charge is 0.398 e. The third-order valence-corrected chi connectivity index (χ3v) is 4.05. The van der Waals surface area contributed by atoms with E-state index in [1.165, 1.54) is 9.79 Å². The van der Waals surface area contributed by atoms with Crippen LogP contribution in [0.4, 0.5) is 5.69 Å². The SMILES string of the molecule is Nc1cccc2c1C(N)c1ccccc1S2. The smallest absolute Gasteiger partial charge is 0.0594 e. The first-order valence-corrected chi connectivity index (χ1v) is 6.00. The van der Waals surface area contributed by atoms with Gasteiger partial charge in [-0.1, -0.05) is 36.0 Å². The van der Waals surface area contributed by atoms with Gasteiger partial charge in [-0.05, 0) is 23.8 Å². The van der Waals surface area contributed by atoms with Crippen LogP contribution in [0, 0.1) is 0 Å². The summed E-state index contributed by atoms with van der Waals surface area (Å²) in [6.45, 7) is 0. The molecule has 3 rings (SSSR count). The highest BCUT2D eigenvalue weighted by molar-refractivity contribution is 7.99. The molecule has 16 heavy (non-hydrogen) atoms. The molecule has 4 N–H and O–H groups in total. The Hall–Kier alpha value is -1.45. The van der Waals surface area contributed by atoms with Crippen molar-refractivity contribution < 1.29 is 0 Å². The third-order valence-electron chi connectivity index (χ3n) is 2.88. The molecule has 1 unspecified atom stereocenters. The minimum Gasteiger partial charge on any atom is -0.398 e. The van der Waals surface area contributed by atoms with Crippen molar-refractivity contribution in [1.29, 1.82) is 0 Å². The lowest BCUT2D eigenvalue weighted by molar-refractivity contribution is 0.818. The van der Waals surface area contributed by atoms with Gasteiger partial charge >= 0.3 is 0 Å². The van der Waals surface area contributed by atoms with Gasteiger partial charge in [-0.2, -0.15) is 0 Å². The molecule has 0 aliphatic carbocycles. The maximum atomic E-state index is 6.27. The van der Waals surface area contributed by atoms with Gasteiger partial charge in [-0.3, -0.25) is 0 Å². The van der Waals surface area contributed by atoms with Gasteiger partial charge < -0.3 is 11.5 Å². The van der Waals surface area contributed by atoms with E-state index in [0.717, 1.165) is 16.8 Å². The number of rotatable bonds is 0. The number of anilines is 1. The van der Waals surface area contributed by atoms with Gasteiger partial charge in [0.1, 0.15) is 0 Å². The van der Waals surface area contributed by atoms with Crippen LogP contribution in [0.1, 0.15) is 17.2 Å². The molecular weight excluding hydrogens is 216 g/mol. The summed E-state index contributed by atoms with van der Waals surface area (Å²) in [6.07, 6.45) is 0. The molecule has 0 saturated heterocycles. The van der Waals surface area contributed by atoms with Crippen molar-refractivity contribution in [2.75, 3.05) is 5.73 Å². The summed E-state index contributed by atoms with van der Waals surface area (Å²) in [5, 5.41) is 0. The molecule has 0 radical (unpaired) electrons. The lowest BCUT2D eigenvalue weighted by atomic mass is 9.97. The summed E-state index contributed by atoms with van der Waals surface area (Å²) in [6, 6.07) is 14.1. The maximum absolute atomic E-state index is 6.27. The van der Waals surface area contributed by atoms with E-state index in [1.54, 1.807) is 11.8 Å². The van der Waals surface area contributed by atoms with E-state index in [4.69, 9.17) is 11.5 Å². The van der Waals surface area contributed by atoms with Gasteiger partial charge in [0.2, 0.25) is 0 Å². The summed E-state index contributed by atoms with van der Waals surface area (Å²) < 4.78 is 0. The van der Waals surface area contributed by atoms with Crippen molar-refractivity contribution in [2.45, 2.75) is 15.8 Å². The van der Waals surface area contributed by atoms with Crippen LogP contribution in [-0.2, 0) is 0 Å². The lowest BCUT2D eigenvalue weighted by Crippen LogP contribution is -2.18. The fourth-order valence-corrected chi connectivity index (χ4v) is 3.28. The number of hydrogen-bond acceptors (Lipinski definition) is 3. The Balaban J connectivity index is 2.23. The molecule has 1 heterocycles. The first kappa shape index (κ1) is 9.75. The normalized spacial score (nSPS) is 17.7. The molecule has 0 saturated carbocycles. The van der Waals surface area contributed by atoms with E-state index in [9.17, 15) is 0 Å². The molecule has 0 bridgehead atoms. The minimum absolute atomic E-state index is 0.103. The Bertz CT molecular complexity index is 551. The Morgan fingerprint density at radius 2 is 1.69 bits per heavy atom. The molecule has 2 aromatic rings. The molecule has 80 valence electrons. The molecule has 1 atom stereocenters. The summed E-state index contributed by atoms with van der Waals surface area (Å²) >= 11 is 1.74. The zero-order valence-corrected chi connectivity index (χ0v) is 9.50. The predicted octanol–water partition coefficient (Wildman–Crippen LogP) is 2.78. The van der Waals surface area contributed by atoms with Gasteiger partial charge in [-0.15, -0.1) is 0 Å². The van der Waals surface area contributed by atoms with Gasteiger partial charge in [0, 0.05) is 21.0 Å². The highest BCUT2D eigenvalue weighted by Crippen LogP contribution is 2.45. The van der Waals surface area contributed by atoms with E-state index in [2.05, 4.69) is 18.2 Å². The van der Waals surface area contributed by atoms with E-state index in [-0.39, 0.29) is 6.04 Å². The molecular formula is C13H12N2S. The number of benzene rings is 2. The average Bonchev–Trinajstić information content (AvgIpc) is 2.29. The predicted molar refractivity (Wildman–Crippen MR) is 67.4 cm³/mol. The van der Waals surface area contributed by atoms with Gasteiger partial charge in [0.15, 0.2) is 0 Å². The van der Waals surface area contributed by atoms with Crippen LogP contribution >= 0.6 is 11.8 Å². The summed E-state index contributed by atoms with van der Waals surface area (Å²) in [5.41, 5.74) is 15.3. The molecule has 0 amide bonds. The van der Waals surface area contributed by atoms with Crippen molar-refractivity contribution in [2.24, 2.45) is 5.73 Å². The number of fused-ring (bicyclic) bond motifs is 2. The summed E-state index contributed by atoms with van der Waals surface area (Å²) in [4.78, 5) is 2.40. The first-order valence-electron chi connectivity index (χ1n) is 5.18. The zero-order valence-electron chi connectivity index (χ0n) is 8.68. The van der Waals surface area contributed by atoms with E-state index in [0.29, 0.717) is 0 Å². The van der Waals surface area contributed by atoms with Gasteiger partial charge in [0.25, 0.3) is 0 Å². The van der Waals surface area contributed by atoms with Crippen LogP contribution in [0.2, 0.25) is 0 Å². The van der Waals surface area contributed by atoms with E-state index < -0.39 is 0 Å². The van der Waals surface area contributed by atoms with Gasteiger partial charge in [0.05, 0.1) is 6.04 Å². The minimum atomic E-state index is -0.103. The molecule has 3 heteroatoms. The highest BCUT2D eigenvalue weighted by atomic mass is 32.2. The fraction of sp³-hybridized carbons (Fsp3) is 0.0769. The first-order chi connectivity index (χ1) is 7.77. The lowest BCUT2D eigenvalue weighted by Gasteiger charge is -2.25. The molecule has 1 aliphatic rings. The van der Waals surface area contributed by atoms with Gasteiger partial charge in [-0.25, -0.2) is 0 Å². The Morgan fingerprint density at radius 3 is 2.56 bits per heavy atom. The van der Waals surface area contributed by atoms with Crippen LogP contribution in [0.15, 0.2) is 52.3 Å². The van der Waals surface area contributed by atoms with Crippen LogP contribution in [-0.4, -0.2) is 0 Å². The number of nitrogens with two attached hydrogens (primary N) is 2. The van der Waals surface area contributed by atoms with E-state index in [1.807, 2.05) is 24.3 Å². The maximum Gasteiger partial charge on any atom is 0.0594 e. The van der Waals surface area contributed by atoms with Crippen LogP contribution in [0.5, 0.6) is 0 Å². The summed E-state index contributed by atoms with van der Waals surface area (Å²) in [7, 11) is 0. The topological polar surface area (TPSA) is 52.0 Å². The van der Waals surface area contributed by atoms with Crippen molar-refractivity contribution >= 4 is 17.4 Å². The van der Waals surface area contributed by atoms with Crippen molar-refractivity contribution in [3.8, 4) is 0 Å². The molecule has 2 nitrogen and oxygen atoms in total. The molecule has 1 aliphatic heterocycles. The zero-order chi connectivity index (χ0) is 11.1. The third kappa shape index (κ3) is 1.32. The number of nitrogen functional groups attached to an aromatic ring is 1. The Morgan fingerprint density at radius 1 is 0.938 bits per heavy atom. The second-order valence-electron chi connectivity index (χ2n) is 3.88. The molecule has 0 aromatic heterocycles. The Labute approximate surface area is 98.7 Å². The Kier molecular flexibility index (Phi) is 2.16. The second kappa shape index (κ2) is 3.54. The van der Waals surface area contributed by atoms with Crippen LogP contribution < -0.4 is 11.5 Å². The van der Waals surface area contributed by atoms with Crippen LogP contribution in [0.25, 0.3) is 0 Å². The molecule has 0 fully saturated rings. The number of hydrogen-bond donors (Lipinski definition) is 2. The average molecular weight is 228 g/mol. The van der Waals surface area contributed by atoms with Crippen molar-refractivity contribution in [3.63, 3.8) is 0 Å². The second-order valence-corrected chi connectivity index (χ2v) is 4.96. The van der Waals surface area contributed by atoms with Crippen molar-refractivity contribution in [1.82, 2.24) is 0 Å². The van der Waals surface area contributed by atoms with E-state index >= 15 is 0 Å². The van der Waals surface area contributed by atoms with Crippen molar-refractivity contribution in [3.05, 3.63) is 53.6 Å². The summed E-state index contributed by atoms with van der Waals surface area (Å²) in [5.74, 6) is 0.